The van der Waals surface area contributed by atoms with Gasteiger partial charge in [0.15, 0.2) is 5.69 Å². The SMILES string of the molecule is CC(C)(C)OC(=O)N1CCC(NC(=O)c2ccc(-c3cc(C(F)(F)F)nn3-c3ccccc3Cl)cc2)C1. The molecular formula is C26H26ClF3N4O3. The van der Waals surface area contributed by atoms with Crippen molar-refractivity contribution >= 4 is 23.6 Å². The standard InChI is InChI=1S/C26H26ClF3N4O3/c1-25(2,3)37-24(36)33-13-12-18(15-33)31-23(35)17-10-8-16(9-11-17)21-14-22(26(28,29)30)32-34(21)20-7-5-4-6-19(20)27/h4-11,14,18H,12-13,15H2,1-3H3,(H,31,35). The second kappa shape index (κ2) is 10.1. The summed E-state index contributed by atoms with van der Waals surface area (Å²) in [5.74, 6) is -0.349. The molecule has 196 valence electrons. The molecule has 1 atom stereocenters. The molecule has 2 heterocycles. The van der Waals surface area contributed by atoms with Crippen LogP contribution in [-0.4, -0.2) is 51.4 Å². The number of nitrogens with one attached hydrogen (secondary N) is 1. The van der Waals surface area contributed by atoms with Gasteiger partial charge in [-0.05, 0) is 57.5 Å². The predicted octanol–water partition coefficient (Wildman–Crippen LogP) is 5.95. The molecule has 2 amide bonds. The molecule has 0 saturated carbocycles. The number of aromatic nitrogens is 2. The van der Waals surface area contributed by atoms with Crippen LogP contribution in [0, 0.1) is 0 Å². The van der Waals surface area contributed by atoms with E-state index in [2.05, 4.69) is 10.4 Å². The smallest absolute Gasteiger partial charge is 0.435 e. The zero-order valence-electron chi connectivity index (χ0n) is 20.5. The summed E-state index contributed by atoms with van der Waals surface area (Å²) in [6, 6.07) is 13.3. The Labute approximate surface area is 217 Å². The first-order chi connectivity index (χ1) is 17.3. The predicted molar refractivity (Wildman–Crippen MR) is 133 cm³/mol. The molecule has 3 aromatic rings. The Morgan fingerprint density at radius 3 is 2.38 bits per heavy atom. The van der Waals surface area contributed by atoms with E-state index in [9.17, 15) is 22.8 Å². The fourth-order valence-electron chi connectivity index (χ4n) is 3.96. The molecule has 1 N–H and O–H groups in total. The van der Waals surface area contributed by atoms with Crippen molar-refractivity contribution < 1.29 is 27.5 Å². The largest absolute Gasteiger partial charge is 0.444 e. The summed E-state index contributed by atoms with van der Waals surface area (Å²) in [5.41, 5.74) is -0.429. The molecular weight excluding hydrogens is 509 g/mol. The van der Waals surface area contributed by atoms with Gasteiger partial charge in [-0.2, -0.15) is 18.3 Å². The number of likely N-dealkylation sites (tertiary alicyclic amines) is 1. The van der Waals surface area contributed by atoms with Gasteiger partial charge in [0.1, 0.15) is 5.60 Å². The summed E-state index contributed by atoms with van der Waals surface area (Å²) in [6.07, 6.45) is -4.49. The van der Waals surface area contributed by atoms with E-state index in [4.69, 9.17) is 16.3 Å². The minimum Gasteiger partial charge on any atom is -0.444 e. The average molecular weight is 535 g/mol. The monoisotopic (exact) mass is 534 g/mol. The van der Waals surface area contributed by atoms with E-state index in [1.807, 2.05) is 0 Å². The van der Waals surface area contributed by atoms with Crippen molar-refractivity contribution in [2.24, 2.45) is 0 Å². The van der Waals surface area contributed by atoms with Gasteiger partial charge in [0.05, 0.1) is 16.4 Å². The van der Waals surface area contributed by atoms with Gasteiger partial charge in [0, 0.05) is 30.3 Å². The number of hydrogen-bond acceptors (Lipinski definition) is 4. The number of alkyl halides is 3. The van der Waals surface area contributed by atoms with Crippen LogP contribution in [0.4, 0.5) is 18.0 Å². The second-order valence-electron chi connectivity index (χ2n) is 9.74. The molecule has 0 radical (unpaired) electrons. The second-order valence-corrected chi connectivity index (χ2v) is 10.1. The van der Waals surface area contributed by atoms with Gasteiger partial charge in [-0.1, -0.05) is 35.9 Å². The number of amides is 2. The van der Waals surface area contributed by atoms with Gasteiger partial charge in [-0.15, -0.1) is 0 Å². The molecule has 1 fully saturated rings. The summed E-state index contributed by atoms with van der Waals surface area (Å²) in [7, 11) is 0. The molecule has 1 aromatic heterocycles. The van der Waals surface area contributed by atoms with Crippen LogP contribution in [0.25, 0.3) is 16.9 Å². The van der Waals surface area contributed by atoms with Crippen molar-refractivity contribution in [2.45, 2.75) is 45.0 Å². The van der Waals surface area contributed by atoms with Crippen LogP contribution in [0.3, 0.4) is 0 Å². The number of ether oxygens (including phenoxy) is 1. The van der Waals surface area contributed by atoms with Crippen LogP contribution in [-0.2, 0) is 10.9 Å². The molecule has 4 rings (SSSR count). The number of benzene rings is 2. The van der Waals surface area contributed by atoms with E-state index in [0.29, 0.717) is 36.3 Å². The number of rotatable bonds is 4. The maximum Gasteiger partial charge on any atom is 0.435 e. The molecule has 0 aliphatic carbocycles. The number of para-hydroxylation sites is 1. The fourth-order valence-corrected chi connectivity index (χ4v) is 4.18. The van der Waals surface area contributed by atoms with Crippen LogP contribution in [0.1, 0.15) is 43.2 Å². The summed E-state index contributed by atoms with van der Waals surface area (Å²) in [5, 5.41) is 6.89. The van der Waals surface area contributed by atoms with Gasteiger partial charge < -0.3 is 15.0 Å². The Morgan fingerprint density at radius 1 is 1.08 bits per heavy atom. The highest BCUT2D eigenvalue weighted by molar-refractivity contribution is 6.32. The quantitative estimate of drug-likeness (QED) is 0.449. The lowest BCUT2D eigenvalue weighted by Crippen LogP contribution is -2.40. The zero-order chi connectivity index (χ0) is 27.0. The molecule has 7 nitrogen and oxygen atoms in total. The van der Waals surface area contributed by atoms with E-state index in [1.54, 1.807) is 62.1 Å². The minimum absolute atomic E-state index is 0.177. The fraction of sp³-hybridized carbons (Fsp3) is 0.346. The first-order valence-electron chi connectivity index (χ1n) is 11.6. The molecule has 1 saturated heterocycles. The van der Waals surface area contributed by atoms with Crippen LogP contribution in [0.2, 0.25) is 5.02 Å². The Kier molecular flexibility index (Phi) is 7.23. The Balaban J connectivity index is 1.50. The lowest BCUT2D eigenvalue weighted by atomic mass is 10.1. The number of carbonyl (C=O) groups is 2. The third-order valence-electron chi connectivity index (χ3n) is 5.70. The summed E-state index contributed by atoms with van der Waals surface area (Å²) in [6.45, 7) is 6.15. The van der Waals surface area contributed by atoms with Crippen LogP contribution in [0.5, 0.6) is 0 Å². The van der Waals surface area contributed by atoms with Crippen molar-refractivity contribution in [3.63, 3.8) is 0 Å². The van der Waals surface area contributed by atoms with Crippen molar-refractivity contribution in [3.8, 4) is 16.9 Å². The zero-order valence-corrected chi connectivity index (χ0v) is 21.2. The van der Waals surface area contributed by atoms with Crippen LogP contribution >= 0.6 is 11.6 Å². The molecule has 1 aliphatic rings. The first kappa shape index (κ1) is 26.5. The van der Waals surface area contributed by atoms with Crippen molar-refractivity contribution in [1.29, 1.82) is 0 Å². The maximum absolute atomic E-state index is 13.4. The lowest BCUT2D eigenvalue weighted by molar-refractivity contribution is -0.141. The maximum atomic E-state index is 13.4. The average Bonchev–Trinajstić information content (AvgIpc) is 3.46. The van der Waals surface area contributed by atoms with Crippen molar-refractivity contribution in [2.75, 3.05) is 13.1 Å². The van der Waals surface area contributed by atoms with Gasteiger partial charge in [-0.25, -0.2) is 9.48 Å². The number of halogens is 4. The number of nitrogens with zero attached hydrogens (tertiary/aromatic N) is 3. The van der Waals surface area contributed by atoms with Crippen molar-refractivity contribution in [3.05, 3.63) is 70.9 Å². The first-order valence-corrected chi connectivity index (χ1v) is 12.0. The van der Waals surface area contributed by atoms with E-state index in [-0.39, 0.29) is 22.7 Å². The molecule has 1 aliphatic heterocycles. The Hall–Kier alpha value is -3.53. The number of hydrogen-bond donors (Lipinski definition) is 1. The van der Waals surface area contributed by atoms with Gasteiger partial charge in [0.25, 0.3) is 5.91 Å². The van der Waals surface area contributed by atoms with Gasteiger partial charge >= 0.3 is 12.3 Å². The third-order valence-corrected chi connectivity index (χ3v) is 6.02. The Bertz CT molecular complexity index is 1300. The Morgan fingerprint density at radius 2 is 1.76 bits per heavy atom. The minimum atomic E-state index is -4.64. The third kappa shape index (κ3) is 6.25. The highest BCUT2D eigenvalue weighted by Gasteiger charge is 2.35. The van der Waals surface area contributed by atoms with Crippen molar-refractivity contribution in [1.82, 2.24) is 20.0 Å². The summed E-state index contributed by atoms with van der Waals surface area (Å²) < 4.78 is 46.8. The lowest BCUT2D eigenvalue weighted by Gasteiger charge is -2.24. The van der Waals surface area contributed by atoms with E-state index >= 15 is 0 Å². The summed E-state index contributed by atoms with van der Waals surface area (Å²) in [4.78, 5) is 26.6. The van der Waals surface area contributed by atoms with E-state index < -0.39 is 23.6 Å². The van der Waals surface area contributed by atoms with Crippen LogP contribution < -0.4 is 5.32 Å². The highest BCUT2D eigenvalue weighted by Crippen LogP contribution is 2.34. The molecule has 37 heavy (non-hydrogen) atoms. The number of carbonyl (C=O) groups excluding carboxylic acids is 2. The normalized spacial score (nSPS) is 16.1. The highest BCUT2D eigenvalue weighted by atomic mass is 35.5. The van der Waals surface area contributed by atoms with E-state index in [0.717, 1.165) is 10.7 Å². The van der Waals surface area contributed by atoms with Gasteiger partial charge in [-0.3, -0.25) is 4.79 Å². The van der Waals surface area contributed by atoms with E-state index in [1.165, 1.54) is 12.1 Å². The molecule has 11 heteroatoms. The van der Waals surface area contributed by atoms with Gasteiger partial charge in [0.2, 0.25) is 0 Å². The van der Waals surface area contributed by atoms with Crippen LogP contribution in [0.15, 0.2) is 54.6 Å². The molecule has 1 unspecified atom stereocenters. The molecule has 2 aromatic carbocycles. The topological polar surface area (TPSA) is 76.5 Å². The molecule has 0 spiro atoms. The molecule has 0 bridgehead atoms. The summed E-state index contributed by atoms with van der Waals surface area (Å²) >= 11 is 6.22.